The Balaban J connectivity index is 1.96. The number of likely N-dealkylation sites (tertiary alicyclic amines) is 1. The average Bonchev–Trinajstić information content (AvgIpc) is 2.91. The fraction of sp³-hybridized carbons (Fsp3) is 0.647. The Kier molecular flexibility index (Phi) is 5.71. The van der Waals surface area contributed by atoms with Crippen LogP contribution in [-0.4, -0.2) is 30.6 Å². The molecule has 1 N–H and O–H groups in total. The lowest BCUT2D eigenvalue weighted by molar-refractivity contribution is 0.183. The monoisotopic (exact) mass is 296 g/mol. The summed E-state index contributed by atoms with van der Waals surface area (Å²) in [5, 5.41) is 3.44. The second kappa shape index (κ2) is 7.32. The Morgan fingerprint density at radius 2 is 1.62 bits per heavy atom. The number of benzene rings is 1. The van der Waals surface area contributed by atoms with Crippen molar-refractivity contribution in [3.63, 3.8) is 0 Å². The lowest BCUT2D eigenvalue weighted by Crippen LogP contribution is -2.44. The third-order valence-electron chi connectivity index (χ3n) is 4.40. The number of rotatable bonds is 6. The van der Waals surface area contributed by atoms with Crippen molar-refractivity contribution in [1.29, 1.82) is 0 Å². The summed E-state index contributed by atoms with van der Waals surface area (Å²) in [6, 6.07) is 4.15. The quantitative estimate of drug-likeness (QED) is 0.860. The summed E-state index contributed by atoms with van der Waals surface area (Å²) in [6.45, 7) is 9.59. The third kappa shape index (κ3) is 4.48. The SMILES string of the molecule is CC(NCC(C(C)C)N1CCCC1)c1cc(F)cc(F)c1. The van der Waals surface area contributed by atoms with Gasteiger partial charge in [-0.1, -0.05) is 13.8 Å². The molecule has 0 bridgehead atoms. The van der Waals surface area contributed by atoms with Gasteiger partial charge in [-0.15, -0.1) is 0 Å². The minimum atomic E-state index is -0.515. The molecule has 2 unspecified atom stereocenters. The first-order chi connectivity index (χ1) is 9.97. The van der Waals surface area contributed by atoms with Crippen LogP contribution in [0.4, 0.5) is 8.78 Å². The fourth-order valence-electron chi connectivity index (χ4n) is 3.10. The number of nitrogens with zero attached hydrogens (tertiary/aromatic N) is 1. The average molecular weight is 296 g/mol. The zero-order valence-electron chi connectivity index (χ0n) is 13.2. The van der Waals surface area contributed by atoms with Gasteiger partial charge in [-0.05, 0) is 56.5 Å². The second-order valence-corrected chi connectivity index (χ2v) is 6.39. The van der Waals surface area contributed by atoms with Crippen LogP contribution in [0.15, 0.2) is 18.2 Å². The predicted octanol–water partition coefficient (Wildman–Crippen LogP) is 3.74. The second-order valence-electron chi connectivity index (χ2n) is 6.39. The molecule has 1 heterocycles. The van der Waals surface area contributed by atoms with E-state index in [-0.39, 0.29) is 6.04 Å². The number of nitrogens with one attached hydrogen (secondary N) is 1. The first-order valence-electron chi connectivity index (χ1n) is 7.91. The van der Waals surface area contributed by atoms with E-state index in [2.05, 4.69) is 24.1 Å². The maximum atomic E-state index is 13.3. The first kappa shape index (κ1) is 16.4. The highest BCUT2D eigenvalue weighted by atomic mass is 19.1. The highest BCUT2D eigenvalue weighted by Gasteiger charge is 2.24. The molecule has 0 aliphatic carbocycles. The van der Waals surface area contributed by atoms with Crippen LogP contribution in [-0.2, 0) is 0 Å². The molecule has 1 aromatic rings. The summed E-state index contributed by atoms with van der Waals surface area (Å²) in [5.74, 6) is -0.468. The van der Waals surface area contributed by atoms with E-state index in [0.29, 0.717) is 17.5 Å². The van der Waals surface area contributed by atoms with Crippen LogP contribution in [0.2, 0.25) is 0 Å². The highest BCUT2D eigenvalue weighted by molar-refractivity contribution is 5.20. The Hall–Kier alpha value is -1.00. The third-order valence-corrected chi connectivity index (χ3v) is 4.40. The van der Waals surface area contributed by atoms with Gasteiger partial charge in [0.25, 0.3) is 0 Å². The molecular weight excluding hydrogens is 270 g/mol. The lowest BCUT2D eigenvalue weighted by Gasteiger charge is -2.32. The first-order valence-corrected chi connectivity index (χ1v) is 7.91. The van der Waals surface area contributed by atoms with Crippen LogP contribution < -0.4 is 5.32 Å². The number of halogens is 2. The predicted molar refractivity (Wildman–Crippen MR) is 82.2 cm³/mol. The Morgan fingerprint density at radius 1 is 1.05 bits per heavy atom. The van der Waals surface area contributed by atoms with Gasteiger partial charge in [0.1, 0.15) is 11.6 Å². The normalized spacial score (nSPS) is 19.1. The highest BCUT2D eigenvalue weighted by Crippen LogP contribution is 2.20. The van der Waals surface area contributed by atoms with Crippen LogP contribution >= 0.6 is 0 Å². The van der Waals surface area contributed by atoms with Gasteiger partial charge in [-0.25, -0.2) is 8.78 Å². The molecule has 0 aromatic heterocycles. The zero-order valence-corrected chi connectivity index (χ0v) is 13.2. The standard InChI is InChI=1S/C17H26F2N2/c1-12(2)17(21-6-4-5-7-21)11-20-13(3)14-8-15(18)10-16(19)9-14/h8-10,12-13,17,20H,4-7,11H2,1-3H3. The van der Waals surface area contributed by atoms with Gasteiger partial charge in [0, 0.05) is 24.7 Å². The molecule has 0 radical (unpaired) electrons. The van der Waals surface area contributed by atoms with Gasteiger partial charge < -0.3 is 5.32 Å². The van der Waals surface area contributed by atoms with E-state index in [1.807, 2.05) is 6.92 Å². The van der Waals surface area contributed by atoms with Gasteiger partial charge in [0.15, 0.2) is 0 Å². The van der Waals surface area contributed by atoms with E-state index in [1.165, 1.54) is 25.0 Å². The Bertz CT molecular complexity index is 436. The Morgan fingerprint density at radius 3 is 2.14 bits per heavy atom. The van der Waals surface area contributed by atoms with Gasteiger partial charge >= 0.3 is 0 Å². The maximum absolute atomic E-state index is 13.3. The topological polar surface area (TPSA) is 15.3 Å². The fourth-order valence-corrected chi connectivity index (χ4v) is 3.10. The molecule has 21 heavy (non-hydrogen) atoms. The summed E-state index contributed by atoms with van der Waals surface area (Å²) >= 11 is 0. The molecule has 0 spiro atoms. The molecule has 1 aliphatic rings. The van der Waals surface area contributed by atoms with Crippen LogP contribution in [0.5, 0.6) is 0 Å². The molecule has 1 aliphatic heterocycles. The molecule has 1 saturated heterocycles. The van der Waals surface area contributed by atoms with Crippen LogP contribution in [0.3, 0.4) is 0 Å². The molecule has 118 valence electrons. The minimum Gasteiger partial charge on any atom is -0.309 e. The van der Waals surface area contributed by atoms with Crippen molar-refractivity contribution in [2.45, 2.75) is 45.7 Å². The van der Waals surface area contributed by atoms with Crippen molar-refractivity contribution in [3.8, 4) is 0 Å². The van der Waals surface area contributed by atoms with Crippen molar-refractivity contribution in [2.75, 3.05) is 19.6 Å². The van der Waals surface area contributed by atoms with Gasteiger partial charge in [-0.2, -0.15) is 0 Å². The molecule has 0 amide bonds. The van der Waals surface area contributed by atoms with Gasteiger partial charge in [0.2, 0.25) is 0 Å². The van der Waals surface area contributed by atoms with E-state index in [1.54, 1.807) is 0 Å². The summed E-state index contributed by atoms with van der Waals surface area (Å²) in [7, 11) is 0. The molecule has 2 atom stereocenters. The lowest BCUT2D eigenvalue weighted by atomic mass is 10.0. The summed E-state index contributed by atoms with van der Waals surface area (Å²) in [4.78, 5) is 2.52. The molecule has 1 aromatic carbocycles. The van der Waals surface area contributed by atoms with Crippen molar-refractivity contribution in [2.24, 2.45) is 5.92 Å². The zero-order chi connectivity index (χ0) is 15.4. The van der Waals surface area contributed by atoms with Crippen molar-refractivity contribution >= 4 is 0 Å². The summed E-state index contributed by atoms with van der Waals surface area (Å²) in [6.07, 6.45) is 2.54. The maximum Gasteiger partial charge on any atom is 0.126 e. The number of hydrogen-bond donors (Lipinski definition) is 1. The van der Waals surface area contributed by atoms with E-state index in [0.717, 1.165) is 25.7 Å². The molecule has 0 saturated carbocycles. The molecule has 2 nitrogen and oxygen atoms in total. The molecule has 4 heteroatoms. The van der Waals surface area contributed by atoms with E-state index in [9.17, 15) is 8.78 Å². The summed E-state index contributed by atoms with van der Waals surface area (Å²) < 4.78 is 26.6. The van der Waals surface area contributed by atoms with Crippen molar-refractivity contribution in [1.82, 2.24) is 10.2 Å². The van der Waals surface area contributed by atoms with Crippen LogP contribution in [0.1, 0.15) is 45.2 Å². The largest absolute Gasteiger partial charge is 0.309 e. The van der Waals surface area contributed by atoms with Crippen molar-refractivity contribution in [3.05, 3.63) is 35.4 Å². The van der Waals surface area contributed by atoms with Crippen molar-refractivity contribution < 1.29 is 8.78 Å². The van der Waals surface area contributed by atoms with E-state index >= 15 is 0 Å². The van der Waals surface area contributed by atoms with Crippen LogP contribution in [0.25, 0.3) is 0 Å². The summed E-state index contributed by atoms with van der Waals surface area (Å²) in [5.41, 5.74) is 0.663. The molecular formula is C17H26F2N2. The van der Waals surface area contributed by atoms with Gasteiger partial charge in [0.05, 0.1) is 0 Å². The Labute approximate surface area is 126 Å². The molecule has 2 rings (SSSR count). The minimum absolute atomic E-state index is 0.0564. The number of hydrogen-bond acceptors (Lipinski definition) is 2. The van der Waals surface area contributed by atoms with E-state index < -0.39 is 11.6 Å². The van der Waals surface area contributed by atoms with Crippen LogP contribution in [0, 0.1) is 17.6 Å². The molecule has 1 fully saturated rings. The smallest absolute Gasteiger partial charge is 0.126 e. The van der Waals surface area contributed by atoms with Gasteiger partial charge in [-0.3, -0.25) is 4.90 Å². The van der Waals surface area contributed by atoms with E-state index in [4.69, 9.17) is 0 Å².